The van der Waals surface area contributed by atoms with Crippen molar-refractivity contribution in [2.75, 3.05) is 4.90 Å². The number of para-hydroxylation sites is 1. The molecule has 2 heteroatoms. The van der Waals surface area contributed by atoms with Crippen LogP contribution in [0.25, 0.3) is 86.2 Å². The highest BCUT2D eigenvalue weighted by atomic mass is 32.1. The van der Waals surface area contributed by atoms with Gasteiger partial charge in [-0.2, -0.15) is 0 Å². The first-order chi connectivity index (χ1) is 28.7. The van der Waals surface area contributed by atoms with E-state index in [1.165, 1.54) is 86.2 Å². The molecule has 0 fully saturated rings. The summed E-state index contributed by atoms with van der Waals surface area (Å²) in [5, 5.41) is 7.61. The zero-order chi connectivity index (χ0) is 38.4. The van der Waals surface area contributed by atoms with Crippen LogP contribution < -0.4 is 4.90 Å². The van der Waals surface area contributed by atoms with Gasteiger partial charge in [0, 0.05) is 37.1 Å². The molecule has 10 aromatic carbocycles. The average molecular weight is 756 g/mol. The van der Waals surface area contributed by atoms with Crippen molar-refractivity contribution in [3.8, 4) is 44.5 Å². The maximum Gasteiger partial charge on any atom is 0.0540 e. The minimum atomic E-state index is 1.10. The molecule has 0 spiro atoms. The third-order valence-electron chi connectivity index (χ3n) is 11.4. The van der Waals surface area contributed by atoms with Gasteiger partial charge in [-0.3, -0.25) is 0 Å². The second-order valence-corrected chi connectivity index (χ2v) is 16.0. The Morgan fingerprint density at radius 1 is 0.293 bits per heavy atom. The molecule has 11 rings (SSSR count). The summed E-state index contributed by atoms with van der Waals surface area (Å²) in [6.45, 7) is 0. The number of rotatable bonds is 7. The Morgan fingerprint density at radius 2 is 0.879 bits per heavy atom. The van der Waals surface area contributed by atoms with Crippen molar-refractivity contribution in [2.45, 2.75) is 0 Å². The highest BCUT2D eigenvalue weighted by Gasteiger charge is 2.19. The van der Waals surface area contributed by atoms with E-state index in [1.807, 2.05) is 11.3 Å². The van der Waals surface area contributed by atoms with Crippen molar-refractivity contribution in [3.05, 3.63) is 224 Å². The summed E-state index contributed by atoms with van der Waals surface area (Å²) < 4.78 is 2.65. The average Bonchev–Trinajstić information content (AvgIpc) is 3.68. The fraction of sp³-hybridized carbons (Fsp3) is 0. The van der Waals surface area contributed by atoms with E-state index in [0.29, 0.717) is 0 Å². The maximum atomic E-state index is 2.42. The molecule has 0 saturated heterocycles. The quantitative estimate of drug-likeness (QED) is 0.157. The molecule has 1 nitrogen and oxygen atoms in total. The fourth-order valence-corrected chi connectivity index (χ4v) is 9.87. The van der Waals surface area contributed by atoms with Crippen LogP contribution in [0.4, 0.5) is 17.1 Å². The summed E-state index contributed by atoms with van der Waals surface area (Å²) in [6, 6.07) is 82.0. The lowest BCUT2D eigenvalue weighted by atomic mass is 9.96. The van der Waals surface area contributed by atoms with Gasteiger partial charge >= 0.3 is 0 Å². The van der Waals surface area contributed by atoms with Crippen LogP contribution in [0.3, 0.4) is 0 Å². The van der Waals surface area contributed by atoms with Gasteiger partial charge in [0.2, 0.25) is 0 Å². The third-order valence-corrected chi connectivity index (χ3v) is 12.7. The van der Waals surface area contributed by atoms with Crippen molar-refractivity contribution >= 4 is 70.1 Å². The minimum absolute atomic E-state index is 1.10. The molecule has 11 aromatic rings. The van der Waals surface area contributed by atoms with Gasteiger partial charge in [-0.05, 0) is 109 Å². The molecule has 0 radical (unpaired) electrons. The molecule has 0 aliphatic heterocycles. The number of hydrogen-bond donors (Lipinski definition) is 0. The van der Waals surface area contributed by atoms with Crippen molar-refractivity contribution in [3.63, 3.8) is 0 Å². The molecule has 58 heavy (non-hydrogen) atoms. The highest BCUT2D eigenvalue weighted by Crippen LogP contribution is 2.44. The lowest BCUT2D eigenvalue weighted by molar-refractivity contribution is 1.28. The van der Waals surface area contributed by atoms with Gasteiger partial charge in [0.05, 0.1) is 5.69 Å². The SMILES string of the molecule is c1cc(-c2cccc(N(c3ccc(-c4cccc5ccccc45)cc3)c3ccccc3-c3ccc4ccccc4c3)c2)cc(-c2cccc3c2sc2ccccc23)c1. The monoisotopic (exact) mass is 755 g/mol. The molecule has 0 atom stereocenters. The summed E-state index contributed by atoms with van der Waals surface area (Å²) in [6.07, 6.45) is 0. The van der Waals surface area contributed by atoms with E-state index in [-0.39, 0.29) is 0 Å². The van der Waals surface area contributed by atoms with Crippen LogP contribution in [-0.2, 0) is 0 Å². The second-order valence-electron chi connectivity index (χ2n) is 14.9. The standard InChI is InChI=1S/C56H37NS/c1-2-15-41-35-45(30-29-38(41)13-1)50-22-5-7-27-54(50)57(46-33-31-40(32-34-46)49-24-11-16-39-14-3-4-21-48(39)49)47-20-10-18-43(37-47)42-17-9-19-44(36-42)51-25-12-26-53-52-23-6-8-28-55(52)58-56(51)53/h1-37H. The van der Waals surface area contributed by atoms with E-state index in [2.05, 4.69) is 229 Å². The highest BCUT2D eigenvalue weighted by molar-refractivity contribution is 7.26. The third kappa shape index (κ3) is 6.03. The van der Waals surface area contributed by atoms with Crippen molar-refractivity contribution in [2.24, 2.45) is 0 Å². The summed E-state index contributed by atoms with van der Waals surface area (Å²) in [5.41, 5.74) is 13.0. The number of anilines is 3. The number of fused-ring (bicyclic) bond motifs is 5. The molecule has 0 aliphatic rings. The van der Waals surface area contributed by atoms with Gasteiger partial charge < -0.3 is 4.90 Å². The Kier molecular flexibility index (Phi) is 8.42. The molecular weight excluding hydrogens is 719 g/mol. The molecule has 0 N–H and O–H groups in total. The van der Waals surface area contributed by atoms with Crippen molar-refractivity contribution in [1.29, 1.82) is 0 Å². The van der Waals surface area contributed by atoms with E-state index < -0.39 is 0 Å². The molecular formula is C56H37NS. The lowest BCUT2D eigenvalue weighted by Crippen LogP contribution is -2.11. The van der Waals surface area contributed by atoms with Gasteiger partial charge in [-0.15, -0.1) is 11.3 Å². The van der Waals surface area contributed by atoms with E-state index in [0.717, 1.165) is 17.1 Å². The molecule has 0 unspecified atom stereocenters. The van der Waals surface area contributed by atoms with Gasteiger partial charge in [0.25, 0.3) is 0 Å². The Balaban J connectivity index is 1.05. The first-order valence-electron chi connectivity index (χ1n) is 19.8. The predicted octanol–water partition coefficient (Wildman–Crippen LogP) is 16.5. The molecule has 0 amide bonds. The zero-order valence-corrected chi connectivity index (χ0v) is 32.5. The molecule has 1 heterocycles. The molecule has 0 saturated carbocycles. The van der Waals surface area contributed by atoms with E-state index in [4.69, 9.17) is 0 Å². The summed E-state index contributed by atoms with van der Waals surface area (Å²) in [7, 11) is 0. The fourth-order valence-electron chi connectivity index (χ4n) is 8.63. The van der Waals surface area contributed by atoms with Crippen LogP contribution >= 0.6 is 11.3 Å². The van der Waals surface area contributed by atoms with Crippen LogP contribution in [-0.4, -0.2) is 0 Å². The van der Waals surface area contributed by atoms with Crippen LogP contribution in [0.5, 0.6) is 0 Å². The Morgan fingerprint density at radius 3 is 1.78 bits per heavy atom. The smallest absolute Gasteiger partial charge is 0.0540 e. The van der Waals surface area contributed by atoms with E-state index in [9.17, 15) is 0 Å². The summed E-state index contributed by atoms with van der Waals surface area (Å²) >= 11 is 1.88. The normalized spacial score (nSPS) is 11.4. The number of hydrogen-bond acceptors (Lipinski definition) is 2. The van der Waals surface area contributed by atoms with Crippen LogP contribution in [0.1, 0.15) is 0 Å². The van der Waals surface area contributed by atoms with Gasteiger partial charge in [-0.1, -0.05) is 176 Å². The van der Waals surface area contributed by atoms with Crippen LogP contribution in [0, 0.1) is 0 Å². The summed E-state index contributed by atoms with van der Waals surface area (Å²) in [4.78, 5) is 2.42. The number of benzene rings is 10. The maximum absolute atomic E-state index is 2.42. The Bertz CT molecular complexity index is 3290. The Hall–Kier alpha value is -7.26. The van der Waals surface area contributed by atoms with E-state index in [1.54, 1.807) is 0 Å². The first kappa shape index (κ1) is 34.0. The van der Waals surface area contributed by atoms with Crippen molar-refractivity contribution in [1.82, 2.24) is 0 Å². The van der Waals surface area contributed by atoms with E-state index >= 15 is 0 Å². The minimum Gasteiger partial charge on any atom is -0.310 e. The number of thiophene rings is 1. The van der Waals surface area contributed by atoms with Gasteiger partial charge in [-0.25, -0.2) is 0 Å². The number of nitrogens with zero attached hydrogens (tertiary/aromatic N) is 1. The molecule has 0 aliphatic carbocycles. The van der Waals surface area contributed by atoms with Gasteiger partial charge in [0.1, 0.15) is 0 Å². The largest absolute Gasteiger partial charge is 0.310 e. The first-order valence-corrected chi connectivity index (χ1v) is 20.6. The molecule has 1 aromatic heterocycles. The zero-order valence-electron chi connectivity index (χ0n) is 31.7. The summed E-state index contributed by atoms with van der Waals surface area (Å²) in [5.74, 6) is 0. The Labute approximate surface area is 342 Å². The van der Waals surface area contributed by atoms with Crippen molar-refractivity contribution < 1.29 is 0 Å². The van der Waals surface area contributed by atoms with Gasteiger partial charge in [0.15, 0.2) is 0 Å². The van der Waals surface area contributed by atoms with Crippen LogP contribution in [0.2, 0.25) is 0 Å². The van der Waals surface area contributed by atoms with Crippen LogP contribution in [0.15, 0.2) is 224 Å². The second kappa shape index (κ2) is 14.4. The lowest BCUT2D eigenvalue weighted by Gasteiger charge is -2.28. The topological polar surface area (TPSA) is 3.24 Å². The molecule has 0 bridgehead atoms. The predicted molar refractivity (Wildman–Crippen MR) is 251 cm³/mol. The molecule has 272 valence electrons.